The molecule has 1 aromatic rings. The summed E-state index contributed by atoms with van der Waals surface area (Å²) in [6.45, 7) is 8.23. The maximum Gasteiger partial charge on any atom is 0.133 e. The molecule has 2 atom stereocenters. The Morgan fingerprint density at radius 3 is 2.79 bits per heavy atom. The van der Waals surface area contributed by atoms with E-state index in [-0.39, 0.29) is 0 Å². The highest BCUT2D eigenvalue weighted by Crippen LogP contribution is 2.24. The zero-order chi connectivity index (χ0) is 14.3. The van der Waals surface area contributed by atoms with Crippen molar-refractivity contribution in [2.75, 3.05) is 32.2 Å². The molecule has 0 saturated heterocycles. The van der Waals surface area contributed by atoms with Crippen molar-refractivity contribution >= 4 is 5.82 Å². The summed E-state index contributed by atoms with van der Waals surface area (Å²) >= 11 is 0. The molecule has 0 aromatic carbocycles. The molecule has 0 aliphatic carbocycles. The van der Waals surface area contributed by atoms with E-state index in [4.69, 9.17) is 4.74 Å². The van der Waals surface area contributed by atoms with Crippen molar-refractivity contribution in [3.05, 3.63) is 23.9 Å². The van der Waals surface area contributed by atoms with Gasteiger partial charge in [-0.3, -0.25) is 0 Å². The predicted octanol–water partition coefficient (Wildman–Crippen LogP) is 2.61. The van der Waals surface area contributed by atoms with Crippen molar-refractivity contribution < 1.29 is 4.74 Å². The lowest BCUT2D eigenvalue weighted by atomic mass is 10.1. The van der Waals surface area contributed by atoms with E-state index in [1.807, 2.05) is 12.3 Å². The summed E-state index contributed by atoms with van der Waals surface area (Å²) < 4.78 is 5.23. The van der Waals surface area contributed by atoms with Crippen LogP contribution in [0.3, 0.4) is 0 Å². The van der Waals surface area contributed by atoms with Gasteiger partial charge in [0.1, 0.15) is 5.82 Å². The minimum absolute atomic E-state index is 0.303. The first-order valence-electron chi connectivity index (χ1n) is 7.01. The van der Waals surface area contributed by atoms with Crippen LogP contribution in [-0.2, 0) is 4.74 Å². The molecule has 0 aliphatic rings. The van der Waals surface area contributed by atoms with Gasteiger partial charge in [-0.1, -0.05) is 13.0 Å². The molecule has 4 nitrogen and oxygen atoms in total. The Bertz CT molecular complexity index is 370. The van der Waals surface area contributed by atoms with E-state index in [1.165, 1.54) is 5.56 Å². The lowest BCUT2D eigenvalue weighted by molar-refractivity contribution is 0.183. The molecule has 1 aromatic heterocycles. The zero-order valence-electron chi connectivity index (χ0n) is 12.8. The van der Waals surface area contributed by atoms with Gasteiger partial charge in [0.25, 0.3) is 0 Å². The minimum atomic E-state index is 0.303. The Kier molecular flexibility index (Phi) is 6.81. The highest BCUT2D eigenvalue weighted by Gasteiger charge is 2.17. The Labute approximate surface area is 117 Å². The van der Waals surface area contributed by atoms with Gasteiger partial charge >= 0.3 is 0 Å². The van der Waals surface area contributed by atoms with Gasteiger partial charge in [-0.15, -0.1) is 0 Å². The second-order valence-corrected chi connectivity index (χ2v) is 5.01. The third-order valence-corrected chi connectivity index (χ3v) is 3.39. The normalized spacial score (nSPS) is 14.2. The van der Waals surface area contributed by atoms with Crippen molar-refractivity contribution in [2.45, 2.75) is 39.3 Å². The average molecular weight is 265 g/mol. The Balaban J connectivity index is 2.88. The smallest absolute Gasteiger partial charge is 0.133 e. The SMILES string of the molecule is CCCNC(C)c1cccnc1N(C)C(C)COC. The van der Waals surface area contributed by atoms with Crippen LogP contribution < -0.4 is 10.2 Å². The first-order chi connectivity index (χ1) is 9.11. The molecular weight excluding hydrogens is 238 g/mol. The van der Waals surface area contributed by atoms with Gasteiger partial charge in [-0.05, 0) is 32.9 Å². The molecule has 0 spiro atoms. The van der Waals surface area contributed by atoms with Crippen molar-refractivity contribution in [1.29, 1.82) is 0 Å². The van der Waals surface area contributed by atoms with Crippen LogP contribution in [0, 0.1) is 0 Å². The van der Waals surface area contributed by atoms with Crippen LogP contribution in [0.4, 0.5) is 5.82 Å². The van der Waals surface area contributed by atoms with Gasteiger partial charge in [0.05, 0.1) is 12.6 Å². The molecule has 4 heteroatoms. The third kappa shape index (κ3) is 4.48. The molecule has 0 radical (unpaired) electrons. The van der Waals surface area contributed by atoms with Crippen molar-refractivity contribution in [1.82, 2.24) is 10.3 Å². The van der Waals surface area contributed by atoms with Crippen LogP contribution in [0.15, 0.2) is 18.3 Å². The molecule has 0 bridgehead atoms. The number of methoxy groups -OCH3 is 1. The number of anilines is 1. The summed E-state index contributed by atoms with van der Waals surface area (Å²) in [6.07, 6.45) is 2.98. The quantitative estimate of drug-likeness (QED) is 0.784. The third-order valence-electron chi connectivity index (χ3n) is 3.39. The van der Waals surface area contributed by atoms with E-state index >= 15 is 0 Å². The fourth-order valence-corrected chi connectivity index (χ4v) is 2.07. The van der Waals surface area contributed by atoms with E-state index < -0.39 is 0 Å². The first kappa shape index (κ1) is 15.9. The first-order valence-corrected chi connectivity index (χ1v) is 7.01. The van der Waals surface area contributed by atoms with Crippen LogP contribution in [0.5, 0.6) is 0 Å². The van der Waals surface area contributed by atoms with Gasteiger partial charge < -0.3 is 15.0 Å². The number of aromatic nitrogens is 1. The summed E-state index contributed by atoms with van der Waals surface area (Å²) in [4.78, 5) is 6.72. The Hall–Kier alpha value is -1.13. The maximum absolute atomic E-state index is 5.23. The Morgan fingerprint density at radius 2 is 2.16 bits per heavy atom. The van der Waals surface area contributed by atoms with Gasteiger partial charge in [0, 0.05) is 32.0 Å². The fraction of sp³-hybridized carbons (Fsp3) is 0.667. The highest BCUT2D eigenvalue weighted by atomic mass is 16.5. The van der Waals surface area contributed by atoms with Crippen LogP contribution in [0.2, 0.25) is 0 Å². The number of hydrogen-bond donors (Lipinski definition) is 1. The summed E-state index contributed by atoms with van der Waals surface area (Å²) in [5.74, 6) is 1.03. The predicted molar refractivity (Wildman–Crippen MR) is 80.7 cm³/mol. The highest BCUT2D eigenvalue weighted by molar-refractivity contribution is 5.48. The summed E-state index contributed by atoms with van der Waals surface area (Å²) in [5, 5.41) is 3.52. The summed E-state index contributed by atoms with van der Waals surface area (Å²) in [5.41, 5.74) is 1.24. The number of hydrogen-bond acceptors (Lipinski definition) is 4. The molecule has 2 unspecified atom stereocenters. The molecule has 0 fully saturated rings. The number of pyridine rings is 1. The molecule has 1 rings (SSSR count). The Morgan fingerprint density at radius 1 is 1.42 bits per heavy atom. The van der Waals surface area contributed by atoms with Gasteiger partial charge in [0.15, 0.2) is 0 Å². The van der Waals surface area contributed by atoms with E-state index in [2.05, 4.69) is 49.1 Å². The van der Waals surface area contributed by atoms with Crippen LogP contribution in [-0.4, -0.2) is 38.3 Å². The number of rotatable bonds is 8. The standard InChI is InChI=1S/C15H27N3O/c1-6-9-16-13(3)14-8-7-10-17-15(14)18(4)12(2)11-19-5/h7-8,10,12-13,16H,6,9,11H2,1-5H3. The van der Waals surface area contributed by atoms with Crippen molar-refractivity contribution in [3.8, 4) is 0 Å². The van der Waals surface area contributed by atoms with Gasteiger partial charge in [0.2, 0.25) is 0 Å². The molecule has 0 saturated carbocycles. The molecule has 19 heavy (non-hydrogen) atoms. The van der Waals surface area contributed by atoms with Gasteiger partial charge in [-0.2, -0.15) is 0 Å². The number of nitrogens with zero attached hydrogens (tertiary/aromatic N) is 2. The lowest BCUT2D eigenvalue weighted by Crippen LogP contribution is -2.35. The van der Waals surface area contributed by atoms with Crippen LogP contribution >= 0.6 is 0 Å². The molecule has 0 amide bonds. The second kappa shape index (κ2) is 8.12. The number of likely N-dealkylation sites (N-methyl/N-ethyl adjacent to an activating group) is 1. The van der Waals surface area contributed by atoms with E-state index in [0.717, 1.165) is 18.8 Å². The van der Waals surface area contributed by atoms with Crippen LogP contribution in [0.25, 0.3) is 0 Å². The molecule has 108 valence electrons. The van der Waals surface area contributed by atoms with E-state index in [1.54, 1.807) is 7.11 Å². The second-order valence-electron chi connectivity index (χ2n) is 5.01. The monoisotopic (exact) mass is 265 g/mol. The zero-order valence-corrected chi connectivity index (χ0v) is 12.8. The number of ether oxygens (including phenoxy) is 1. The van der Waals surface area contributed by atoms with Crippen LogP contribution in [0.1, 0.15) is 38.8 Å². The number of nitrogens with one attached hydrogen (secondary N) is 1. The molecular formula is C15H27N3O. The summed E-state index contributed by atoms with van der Waals surface area (Å²) in [7, 11) is 3.80. The average Bonchev–Trinajstić information content (AvgIpc) is 2.44. The van der Waals surface area contributed by atoms with Gasteiger partial charge in [-0.25, -0.2) is 4.98 Å². The van der Waals surface area contributed by atoms with Crippen molar-refractivity contribution in [3.63, 3.8) is 0 Å². The maximum atomic E-state index is 5.23. The van der Waals surface area contributed by atoms with E-state index in [0.29, 0.717) is 18.7 Å². The summed E-state index contributed by atoms with van der Waals surface area (Å²) in [6, 6.07) is 4.75. The topological polar surface area (TPSA) is 37.4 Å². The molecule has 1 N–H and O–H groups in total. The molecule has 0 aliphatic heterocycles. The molecule has 1 heterocycles. The van der Waals surface area contributed by atoms with Crippen molar-refractivity contribution in [2.24, 2.45) is 0 Å². The fourth-order valence-electron chi connectivity index (χ4n) is 2.07. The minimum Gasteiger partial charge on any atom is -0.383 e. The lowest BCUT2D eigenvalue weighted by Gasteiger charge is -2.29. The largest absolute Gasteiger partial charge is 0.383 e. The van der Waals surface area contributed by atoms with E-state index in [9.17, 15) is 0 Å².